The van der Waals surface area contributed by atoms with Crippen molar-refractivity contribution in [2.24, 2.45) is 17.1 Å². The number of rotatable bonds is 12. The molecule has 1 aromatic rings. The number of phenolic OH excluding ortho intramolecular Hbond substituents is 1. The zero-order chi connectivity index (χ0) is 23.8. The first-order chi connectivity index (χ1) is 14.5. The Kier molecular flexibility index (Phi) is 10.0. The maximum Gasteiger partial charge on any atom is 0.161 e. The number of carbonyl (C=O) groups excluding carboxylic acids is 1. The van der Waals surface area contributed by atoms with E-state index in [0.29, 0.717) is 41.2 Å². The number of carbonyl (C=O) groups is 1. The number of hydrogen-bond acceptors (Lipinski definition) is 5. The van der Waals surface area contributed by atoms with Crippen LogP contribution in [0.15, 0.2) is 42.0 Å². The molecule has 172 valence electrons. The fourth-order valence-electron chi connectivity index (χ4n) is 3.21. The van der Waals surface area contributed by atoms with Gasteiger partial charge < -0.3 is 20.7 Å². The van der Waals surface area contributed by atoms with Crippen LogP contribution in [0.25, 0.3) is 5.70 Å². The highest BCUT2D eigenvalue weighted by molar-refractivity contribution is 5.98. The third-order valence-electron chi connectivity index (χ3n) is 5.86. The summed E-state index contributed by atoms with van der Waals surface area (Å²) >= 11 is 0. The van der Waals surface area contributed by atoms with E-state index in [1.54, 1.807) is 25.1 Å². The molecule has 0 amide bonds. The van der Waals surface area contributed by atoms with Gasteiger partial charge in [0, 0.05) is 23.4 Å². The number of Topliss-reactive ketones (excluding diaryl/α,β-unsaturated/α-hetero) is 1. The number of ether oxygens (including phenoxy) is 1. The Labute approximate surface area is 187 Å². The van der Waals surface area contributed by atoms with Crippen molar-refractivity contribution in [2.75, 3.05) is 13.2 Å². The van der Waals surface area contributed by atoms with Crippen LogP contribution in [0.2, 0.25) is 0 Å². The zero-order valence-corrected chi connectivity index (χ0v) is 19.9. The third kappa shape index (κ3) is 7.28. The number of phenols is 1. The molecule has 1 atom stereocenters. The van der Waals surface area contributed by atoms with Crippen molar-refractivity contribution in [1.82, 2.24) is 0 Å². The summed E-state index contributed by atoms with van der Waals surface area (Å²) in [6.07, 6.45) is 5.90. The molecule has 0 aliphatic carbocycles. The van der Waals surface area contributed by atoms with Crippen molar-refractivity contribution in [3.05, 3.63) is 53.1 Å². The normalized spacial score (nSPS) is 13.8. The molecule has 0 aliphatic rings. The fraction of sp³-hybridized carbons (Fsp3) is 0.500. The van der Waals surface area contributed by atoms with Crippen LogP contribution >= 0.6 is 0 Å². The van der Waals surface area contributed by atoms with Crippen molar-refractivity contribution in [2.45, 2.75) is 60.8 Å². The Balaban J connectivity index is 3.45. The van der Waals surface area contributed by atoms with E-state index in [0.717, 1.165) is 18.4 Å². The summed E-state index contributed by atoms with van der Waals surface area (Å²) in [5.74, 6) is 0.496. The Morgan fingerprint density at radius 3 is 2.52 bits per heavy atom. The van der Waals surface area contributed by atoms with E-state index in [-0.39, 0.29) is 29.5 Å². The zero-order valence-electron chi connectivity index (χ0n) is 19.9. The smallest absolute Gasteiger partial charge is 0.161 e. The molecule has 0 radical (unpaired) electrons. The van der Waals surface area contributed by atoms with Gasteiger partial charge in [0.25, 0.3) is 0 Å². The molecule has 1 rings (SSSR count). The largest absolute Gasteiger partial charge is 0.504 e. The van der Waals surface area contributed by atoms with Crippen LogP contribution in [-0.2, 0) is 11.2 Å². The summed E-state index contributed by atoms with van der Waals surface area (Å²) in [7, 11) is 0. The molecule has 1 aromatic carbocycles. The van der Waals surface area contributed by atoms with Gasteiger partial charge in [-0.15, -0.1) is 0 Å². The van der Waals surface area contributed by atoms with Crippen LogP contribution in [0.4, 0.5) is 0 Å². The van der Waals surface area contributed by atoms with Crippen LogP contribution in [-0.4, -0.2) is 29.2 Å². The lowest BCUT2D eigenvalue weighted by Gasteiger charge is -2.30. The van der Waals surface area contributed by atoms with Crippen molar-refractivity contribution in [3.63, 3.8) is 0 Å². The average molecular weight is 430 g/mol. The van der Waals surface area contributed by atoms with E-state index >= 15 is 0 Å². The lowest BCUT2D eigenvalue weighted by atomic mass is 9.76. The predicted molar refractivity (Wildman–Crippen MR) is 128 cm³/mol. The Morgan fingerprint density at radius 1 is 1.35 bits per heavy atom. The third-order valence-corrected chi connectivity index (χ3v) is 5.86. The average Bonchev–Trinajstić information content (AvgIpc) is 2.70. The molecule has 1 unspecified atom stereocenters. The topological polar surface area (TPSA) is 92.8 Å². The number of aliphatic hydroxyl groups is 1. The minimum absolute atomic E-state index is 0.0173. The fourth-order valence-corrected chi connectivity index (χ4v) is 3.21. The molecule has 0 saturated heterocycles. The van der Waals surface area contributed by atoms with Gasteiger partial charge >= 0.3 is 0 Å². The van der Waals surface area contributed by atoms with Gasteiger partial charge in [-0.25, -0.2) is 0 Å². The van der Waals surface area contributed by atoms with Crippen LogP contribution in [0, 0.1) is 11.3 Å². The van der Waals surface area contributed by atoms with Crippen LogP contribution in [0.5, 0.6) is 11.5 Å². The molecule has 31 heavy (non-hydrogen) atoms. The Hall–Kier alpha value is -2.53. The van der Waals surface area contributed by atoms with Gasteiger partial charge in [-0.3, -0.25) is 4.79 Å². The van der Waals surface area contributed by atoms with Crippen molar-refractivity contribution < 1.29 is 19.7 Å². The maximum atomic E-state index is 11.8. The van der Waals surface area contributed by atoms with Gasteiger partial charge in [0.15, 0.2) is 17.3 Å². The number of nitrogens with two attached hydrogens (primary N) is 1. The summed E-state index contributed by atoms with van der Waals surface area (Å²) in [5, 5.41) is 20.3. The highest BCUT2D eigenvalue weighted by Crippen LogP contribution is 2.36. The number of aromatic hydroxyl groups is 1. The predicted octanol–water partition coefficient (Wildman–Crippen LogP) is 5.16. The van der Waals surface area contributed by atoms with Crippen LogP contribution in [0.1, 0.15) is 65.5 Å². The second-order valence-corrected chi connectivity index (χ2v) is 8.81. The summed E-state index contributed by atoms with van der Waals surface area (Å²) in [4.78, 5) is 11.8. The Morgan fingerprint density at radius 2 is 2.00 bits per heavy atom. The molecule has 0 saturated carbocycles. The molecule has 0 aromatic heterocycles. The highest BCUT2D eigenvalue weighted by atomic mass is 16.5. The number of aliphatic hydroxyl groups excluding tert-OH is 1. The number of benzene rings is 1. The molecule has 0 aliphatic heterocycles. The molecular weight excluding hydrogens is 390 g/mol. The second kappa shape index (κ2) is 11.8. The monoisotopic (exact) mass is 429 g/mol. The maximum absolute atomic E-state index is 11.8. The van der Waals surface area contributed by atoms with Crippen molar-refractivity contribution in [1.29, 1.82) is 0 Å². The van der Waals surface area contributed by atoms with E-state index in [4.69, 9.17) is 10.5 Å². The number of allylic oxidation sites excluding steroid dienone is 4. The van der Waals surface area contributed by atoms with E-state index in [2.05, 4.69) is 20.4 Å². The quantitative estimate of drug-likeness (QED) is 0.242. The van der Waals surface area contributed by atoms with Gasteiger partial charge in [0.1, 0.15) is 0 Å². The first kappa shape index (κ1) is 26.5. The number of hydrogen-bond donors (Lipinski definition) is 3. The number of ketones is 1. The lowest BCUT2D eigenvalue weighted by molar-refractivity contribution is -0.113. The first-order valence-corrected chi connectivity index (χ1v) is 10.9. The minimum atomic E-state index is -0.285. The standard InChI is InChI=1S/C26H39NO4/c1-8-10-11-31-25-14-20(13-18(4)26(6,7)16-28)22(15-24(25)30)23(27)12-17(3)21(9-2)19(5)29/h9,12,14-15,18,28,30H,3,8,10-11,13,16,27H2,1-2,4-7H3/b21-9+,23-12-. The van der Waals surface area contributed by atoms with Gasteiger partial charge in [0.05, 0.1) is 6.61 Å². The van der Waals surface area contributed by atoms with Gasteiger partial charge in [0.2, 0.25) is 0 Å². The molecule has 0 spiro atoms. The van der Waals surface area contributed by atoms with E-state index in [1.165, 1.54) is 6.92 Å². The SMILES string of the molecule is C=C(/C=C(\N)c1cc(O)c(OCCCC)cc1CC(C)C(C)(C)CO)/C(=C\C)C(C)=O. The number of unbranched alkanes of at least 4 members (excludes halogenated alkanes) is 1. The van der Waals surface area contributed by atoms with Crippen LogP contribution < -0.4 is 10.5 Å². The first-order valence-electron chi connectivity index (χ1n) is 10.9. The van der Waals surface area contributed by atoms with Crippen molar-refractivity contribution in [3.8, 4) is 11.5 Å². The van der Waals surface area contributed by atoms with E-state index in [1.807, 2.05) is 19.9 Å². The molecule has 0 bridgehead atoms. The highest BCUT2D eigenvalue weighted by Gasteiger charge is 2.26. The molecule has 5 heteroatoms. The minimum Gasteiger partial charge on any atom is -0.504 e. The molecule has 0 heterocycles. The summed E-state index contributed by atoms with van der Waals surface area (Å²) in [5.41, 5.74) is 9.13. The summed E-state index contributed by atoms with van der Waals surface area (Å²) in [6, 6.07) is 3.44. The van der Waals surface area contributed by atoms with Gasteiger partial charge in [-0.2, -0.15) is 0 Å². The molecule has 4 N–H and O–H groups in total. The molecular formula is C26H39NO4. The van der Waals surface area contributed by atoms with Crippen LogP contribution in [0.3, 0.4) is 0 Å². The van der Waals surface area contributed by atoms with Gasteiger partial charge in [-0.1, -0.05) is 46.8 Å². The van der Waals surface area contributed by atoms with Crippen molar-refractivity contribution >= 4 is 11.5 Å². The second-order valence-electron chi connectivity index (χ2n) is 8.81. The molecule has 0 fully saturated rings. The Bertz CT molecular complexity index is 849. The summed E-state index contributed by atoms with van der Waals surface area (Å²) in [6.45, 7) is 16.0. The van der Waals surface area contributed by atoms with E-state index in [9.17, 15) is 15.0 Å². The van der Waals surface area contributed by atoms with Gasteiger partial charge in [-0.05, 0) is 67.4 Å². The molecule has 5 nitrogen and oxygen atoms in total. The van der Waals surface area contributed by atoms with E-state index < -0.39 is 0 Å². The lowest BCUT2D eigenvalue weighted by Crippen LogP contribution is -2.27. The summed E-state index contributed by atoms with van der Waals surface area (Å²) < 4.78 is 5.78.